The maximum absolute atomic E-state index is 12.6. The van der Waals surface area contributed by atoms with E-state index in [0.717, 1.165) is 11.3 Å². The van der Waals surface area contributed by atoms with Crippen molar-refractivity contribution in [2.45, 2.75) is 30.8 Å². The predicted octanol–water partition coefficient (Wildman–Crippen LogP) is 3.69. The van der Waals surface area contributed by atoms with E-state index >= 15 is 0 Å². The van der Waals surface area contributed by atoms with Crippen LogP contribution in [0, 0.1) is 0 Å². The van der Waals surface area contributed by atoms with Crippen molar-refractivity contribution < 1.29 is 9.90 Å². The van der Waals surface area contributed by atoms with E-state index < -0.39 is 5.60 Å². The summed E-state index contributed by atoms with van der Waals surface area (Å²) in [5.74, 6) is 0.585. The Morgan fingerprint density at radius 2 is 1.79 bits per heavy atom. The summed E-state index contributed by atoms with van der Waals surface area (Å²) >= 11 is 0. The maximum Gasteiger partial charge on any atom is 0.321 e. The first-order chi connectivity index (χ1) is 11.7. The number of urea groups is 1. The van der Waals surface area contributed by atoms with Crippen molar-refractivity contribution in [3.8, 4) is 0 Å². The number of aliphatic hydroxyl groups is 1. The number of amides is 2. The molecule has 2 aromatic carbocycles. The van der Waals surface area contributed by atoms with Gasteiger partial charge in [-0.25, -0.2) is 4.79 Å². The number of β-amino-alcohol motifs (C(OH)–C–C–N with tert-alkyl or cyclic N) is 1. The van der Waals surface area contributed by atoms with Crippen LogP contribution >= 0.6 is 0 Å². The fourth-order valence-corrected chi connectivity index (χ4v) is 3.51. The van der Waals surface area contributed by atoms with Crippen molar-refractivity contribution in [1.29, 1.82) is 0 Å². The Hall–Kier alpha value is -2.33. The van der Waals surface area contributed by atoms with Gasteiger partial charge in [0.05, 0.1) is 6.54 Å². The van der Waals surface area contributed by atoms with E-state index in [1.54, 1.807) is 4.90 Å². The summed E-state index contributed by atoms with van der Waals surface area (Å²) in [4.78, 5) is 14.3. The quantitative estimate of drug-likeness (QED) is 0.905. The maximum atomic E-state index is 12.6. The van der Waals surface area contributed by atoms with Gasteiger partial charge >= 0.3 is 6.03 Å². The molecule has 124 valence electrons. The number of likely N-dealkylation sites (tertiary alicyclic amines) is 1. The summed E-state index contributed by atoms with van der Waals surface area (Å²) in [5.41, 5.74) is 2.05. The highest BCUT2D eigenvalue weighted by Crippen LogP contribution is 2.43. The number of nitrogens with one attached hydrogen (secondary N) is 1. The van der Waals surface area contributed by atoms with Crippen molar-refractivity contribution in [2.75, 3.05) is 18.4 Å². The van der Waals surface area contributed by atoms with E-state index in [2.05, 4.69) is 11.4 Å². The molecule has 2 amide bonds. The van der Waals surface area contributed by atoms with Gasteiger partial charge in [-0.05, 0) is 42.4 Å². The molecule has 4 nitrogen and oxygen atoms in total. The Bertz CT molecular complexity index is 742. The third-order valence-electron chi connectivity index (χ3n) is 5.07. The molecule has 2 N–H and O–H groups in total. The standard InChI is InChI=1S/C20H22N2O2/c23-19(21-18-9-5-4-8-17(18)15-10-11-15)22-13-12-20(24,14-22)16-6-2-1-3-7-16/h1-9,15,24H,10-14H2,(H,21,23). The van der Waals surface area contributed by atoms with E-state index in [-0.39, 0.29) is 6.03 Å². The number of para-hydroxylation sites is 1. The van der Waals surface area contributed by atoms with Gasteiger partial charge in [0.1, 0.15) is 5.60 Å². The first-order valence-electron chi connectivity index (χ1n) is 8.58. The highest BCUT2D eigenvalue weighted by Gasteiger charge is 2.39. The Morgan fingerprint density at radius 1 is 1.08 bits per heavy atom. The van der Waals surface area contributed by atoms with E-state index in [0.29, 0.717) is 25.4 Å². The molecule has 2 fully saturated rings. The minimum Gasteiger partial charge on any atom is -0.383 e. The van der Waals surface area contributed by atoms with Crippen LogP contribution in [0.5, 0.6) is 0 Å². The van der Waals surface area contributed by atoms with Gasteiger partial charge in [0.15, 0.2) is 0 Å². The van der Waals surface area contributed by atoms with Gasteiger partial charge in [0.2, 0.25) is 0 Å². The second-order valence-electron chi connectivity index (χ2n) is 6.86. The third-order valence-corrected chi connectivity index (χ3v) is 5.07. The average Bonchev–Trinajstić information content (AvgIpc) is 3.38. The summed E-state index contributed by atoms with van der Waals surface area (Å²) in [7, 11) is 0. The minimum atomic E-state index is -0.950. The number of nitrogens with zero attached hydrogens (tertiary/aromatic N) is 1. The molecule has 1 aliphatic heterocycles. The number of anilines is 1. The lowest BCUT2D eigenvalue weighted by atomic mass is 9.93. The van der Waals surface area contributed by atoms with Crippen LogP contribution in [0.4, 0.5) is 10.5 Å². The average molecular weight is 322 g/mol. The Labute approximate surface area is 142 Å². The molecular formula is C20H22N2O2. The molecule has 0 bridgehead atoms. The number of carbonyl (C=O) groups excluding carboxylic acids is 1. The van der Waals surface area contributed by atoms with Gasteiger partial charge in [-0.1, -0.05) is 48.5 Å². The van der Waals surface area contributed by atoms with E-state index in [1.165, 1.54) is 18.4 Å². The molecule has 24 heavy (non-hydrogen) atoms. The molecule has 1 aliphatic carbocycles. The Balaban J connectivity index is 1.47. The Morgan fingerprint density at radius 3 is 2.54 bits per heavy atom. The number of carbonyl (C=O) groups is 1. The number of rotatable bonds is 3. The summed E-state index contributed by atoms with van der Waals surface area (Å²) in [6.07, 6.45) is 2.96. The molecule has 0 radical (unpaired) electrons. The lowest BCUT2D eigenvalue weighted by Gasteiger charge is -2.24. The minimum absolute atomic E-state index is 0.130. The smallest absolute Gasteiger partial charge is 0.321 e. The molecule has 2 aliphatic rings. The van der Waals surface area contributed by atoms with Crippen LogP contribution in [0.25, 0.3) is 0 Å². The molecule has 1 saturated carbocycles. The van der Waals surface area contributed by atoms with Crippen molar-refractivity contribution in [2.24, 2.45) is 0 Å². The monoisotopic (exact) mass is 322 g/mol. The third kappa shape index (κ3) is 2.89. The highest BCUT2D eigenvalue weighted by atomic mass is 16.3. The van der Waals surface area contributed by atoms with Crippen molar-refractivity contribution >= 4 is 11.7 Å². The molecule has 1 atom stereocenters. The van der Waals surface area contributed by atoms with Crippen LogP contribution < -0.4 is 5.32 Å². The first-order valence-corrected chi connectivity index (χ1v) is 8.58. The molecular weight excluding hydrogens is 300 g/mol. The molecule has 0 aromatic heterocycles. The molecule has 4 heteroatoms. The normalized spacial score (nSPS) is 23.3. The first kappa shape index (κ1) is 15.2. The van der Waals surface area contributed by atoms with Gasteiger partial charge in [-0.2, -0.15) is 0 Å². The number of hydrogen-bond donors (Lipinski definition) is 2. The van der Waals surface area contributed by atoms with Crippen LogP contribution in [-0.2, 0) is 5.60 Å². The SMILES string of the molecule is O=C(Nc1ccccc1C1CC1)N1CCC(O)(c2ccccc2)C1. The Kier molecular flexibility index (Phi) is 3.77. The molecule has 0 spiro atoms. The van der Waals surface area contributed by atoms with E-state index in [4.69, 9.17) is 0 Å². The van der Waals surface area contributed by atoms with Crippen LogP contribution in [0.2, 0.25) is 0 Å². The van der Waals surface area contributed by atoms with Gasteiger partial charge < -0.3 is 15.3 Å². The zero-order chi connectivity index (χ0) is 16.6. The van der Waals surface area contributed by atoms with Gasteiger partial charge in [-0.15, -0.1) is 0 Å². The van der Waals surface area contributed by atoms with Gasteiger partial charge in [-0.3, -0.25) is 0 Å². The van der Waals surface area contributed by atoms with Crippen molar-refractivity contribution in [3.63, 3.8) is 0 Å². The molecule has 2 aromatic rings. The highest BCUT2D eigenvalue weighted by molar-refractivity contribution is 5.90. The summed E-state index contributed by atoms with van der Waals surface area (Å²) in [6.45, 7) is 0.886. The van der Waals surface area contributed by atoms with Crippen molar-refractivity contribution in [1.82, 2.24) is 4.90 Å². The number of hydrogen-bond acceptors (Lipinski definition) is 2. The zero-order valence-electron chi connectivity index (χ0n) is 13.6. The lowest BCUT2D eigenvalue weighted by Crippen LogP contribution is -2.37. The van der Waals surface area contributed by atoms with Crippen LogP contribution in [-0.4, -0.2) is 29.1 Å². The summed E-state index contributed by atoms with van der Waals surface area (Å²) in [6, 6.07) is 17.5. The van der Waals surface area contributed by atoms with Crippen LogP contribution in [0.1, 0.15) is 36.3 Å². The lowest BCUT2D eigenvalue weighted by molar-refractivity contribution is 0.0501. The number of benzene rings is 2. The fourth-order valence-electron chi connectivity index (χ4n) is 3.51. The molecule has 1 saturated heterocycles. The van der Waals surface area contributed by atoms with Crippen LogP contribution in [0.15, 0.2) is 54.6 Å². The fraction of sp³-hybridized carbons (Fsp3) is 0.350. The predicted molar refractivity (Wildman–Crippen MR) is 94.0 cm³/mol. The molecule has 4 rings (SSSR count). The van der Waals surface area contributed by atoms with Gasteiger partial charge in [0.25, 0.3) is 0 Å². The zero-order valence-corrected chi connectivity index (χ0v) is 13.6. The van der Waals surface area contributed by atoms with Gasteiger partial charge in [0, 0.05) is 12.2 Å². The molecule has 1 unspecified atom stereocenters. The van der Waals surface area contributed by atoms with E-state index in [1.807, 2.05) is 48.5 Å². The molecule has 1 heterocycles. The second kappa shape index (κ2) is 5.95. The van der Waals surface area contributed by atoms with Crippen LogP contribution in [0.3, 0.4) is 0 Å². The van der Waals surface area contributed by atoms with E-state index in [9.17, 15) is 9.90 Å². The summed E-state index contributed by atoms with van der Waals surface area (Å²) < 4.78 is 0. The second-order valence-corrected chi connectivity index (χ2v) is 6.86. The topological polar surface area (TPSA) is 52.6 Å². The largest absolute Gasteiger partial charge is 0.383 e. The summed E-state index contributed by atoms with van der Waals surface area (Å²) in [5, 5.41) is 13.9. The van der Waals surface area contributed by atoms with Crippen molar-refractivity contribution in [3.05, 3.63) is 65.7 Å².